The van der Waals surface area contributed by atoms with E-state index in [9.17, 15) is 13.2 Å². The van der Waals surface area contributed by atoms with Crippen LogP contribution >= 0.6 is 0 Å². The van der Waals surface area contributed by atoms with Crippen molar-refractivity contribution < 1.29 is 13.2 Å². The molecule has 1 N–H and O–H groups in total. The topological polar surface area (TPSA) is 35.8 Å². The molecule has 1 aromatic carbocycles. The summed E-state index contributed by atoms with van der Waals surface area (Å²) >= 11 is 0. The molecule has 96 valence electrons. The SMILES string of the molecule is N#CC1CCCCC1Nc1ccc(F)c(F)c1F. The zero-order chi connectivity index (χ0) is 13.1. The third-order valence-corrected chi connectivity index (χ3v) is 3.31. The van der Waals surface area contributed by atoms with Crippen LogP contribution in [0.3, 0.4) is 0 Å². The third kappa shape index (κ3) is 2.42. The van der Waals surface area contributed by atoms with Gasteiger partial charge in [0.15, 0.2) is 17.5 Å². The molecule has 1 aliphatic rings. The number of nitrogens with zero attached hydrogens (tertiary/aromatic N) is 1. The number of nitriles is 1. The van der Waals surface area contributed by atoms with Crippen molar-refractivity contribution in [2.45, 2.75) is 31.7 Å². The van der Waals surface area contributed by atoms with E-state index in [4.69, 9.17) is 5.26 Å². The molecule has 0 amide bonds. The van der Waals surface area contributed by atoms with Crippen LogP contribution in [-0.2, 0) is 0 Å². The van der Waals surface area contributed by atoms with Gasteiger partial charge in [0, 0.05) is 6.04 Å². The van der Waals surface area contributed by atoms with Gasteiger partial charge in [-0.25, -0.2) is 13.2 Å². The van der Waals surface area contributed by atoms with E-state index in [1.165, 1.54) is 0 Å². The molecule has 2 rings (SSSR count). The minimum atomic E-state index is -1.48. The van der Waals surface area contributed by atoms with Crippen LogP contribution in [0, 0.1) is 34.7 Å². The molecule has 0 saturated heterocycles. The number of anilines is 1. The van der Waals surface area contributed by atoms with Crippen LogP contribution in [0.25, 0.3) is 0 Å². The van der Waals surface area contributed by atoms with Gasteiger partial charge in [0.2, 0.25) is 0 Å². The number of halogens is 3. The fourth-order valence-corrected chi connectivity index (χ4v) is 2.30. The van der Waals surface area contributed by atoms with E-state index in [0.717, 1.165) is 37.8 Å². The second kappa shape index (κ2) is 5.30. The molecule has 0 aromatic heterocycles. The van der Waals surface area contributed by atoms with Gasteiger partial charge in [-0.05, 0) is 25.0 Å². The molecule has 2 unspecified atom stereocenters. The van der Waals surface area contributed by atoms with Crippen LogP contribution in [0.15, 0.2) is 12.1 Å². The number of benzene rings is 1. The summed E-state index contributed by atoms with van der Waals surface area (Å²) in [6.07, 6.45) is 3.40. The van der Waals surface area contributed by atoms with E-state index in [1.807, 2.05) is 0 Å². The van der Waals surface area contributed by atoms with Gasteiger partial charge in [-0.2, -0.15) is 5.26 Å². The summed E-state index contributed by atoms with van der Waals surface area (Å²) in [5.74, 6) is -4.13. The molecule has 1 aliphatic carbocycles. The van der Waals surface area contributed by atoms with Crippen LogP contribution in [-0.4, -0.2) is 6.04 Å². The Bertz CT molecular complexity index is 482. The lowest BCUT2D eigenvalue weighted by molar-refractivity contribution is 0.385. The Kier molecular flexibility index (Phi) is 3.75. The summed E-state index contributed by atoms with van der Waals surface area (Å²) in [6.45, 7) is 0. The lowest BCUT2D eigenvalue weighted by atomic mass is 9.85. The molecule has 0 bridgehead atoms. The molecular formula is C13H13F3N2. The maximum Gasteiger partial charge on any atom is 0.196 e. The van der Waals surface area contributed by atoms with Crippen molar-refractivity contribution in [2.24, 2.45) is 5.92 Å². The Morgan fingerprint density at radius 3 is 2.56 bits per heavy atom. The Labute approximate surface area is 103 Å². The smallest absolute Gasteiger partial charge is 0.196 e. The Morgan fingerprint density at radius 1 is 1.11 bits per heavy atom. The number of hydrogen-bond acceptors (Lipinski definition) is 2. The minimum Gasteiger partial charge on any atom is -0.379 e. The number of hydrogen-bond donors (Lipinski definition) is 1. The molecule has 0 radical (unpaired) electrons. The van der Waals surface area contributed by atoms with Crippen molar-refractivity contribution in [1.29, 1.82) is 5.26 Å². The lowest BCUT2D eigenvalue weighted by Gasteiger charge is -2.28. The quantitative estimate of drug-likeness (QED) is 0.818. The first kappa shape index (κ1) is 12.7. The van der Waals surface area contributed by atoms with Crippen molar-refractivity contribution in [2.75, 3.05) is 5.32 Å². The largest absolute Gasteiger partial charge is 0.379 e. The Balaban J connectivity index is 2.18. The van der Waals surface area contributed by atoms with Gasteiger partial charge < -0.3 is 5.32 Å². The standard InChI is InChI=1S/C13H13F3N2/c14-9-5-6-11(13(16)12(9)15)18-10-4-2-1-3-8(10)7-17/h5-6,8,10,18H,1-4H2. The Morgan fingerprint density at radius 2 is 1.83 bits per heavy atom. The van der Waals surface area contributed by atoms with E-state index in [-0.39, 0.29) is 17.6 Å². The number of rotatable bonds is 2. The molecule has 0 heterocycles. The maximum absolute atomic E-state index is 13.5. The summed E-state index contributed by atoms with van der Waals surface area (Å²) in [4.78, 5) is 0. The average molecular weight is 254 g/mol. The van der Waals surface area contributed by atoms with Gasteiger partial charge in [0.05, 0.1) is 17.7 Å². The van der Waals surface area contributed by atoms with Gasteiger partial charge in [-0.3, -0.25) is 0 Å². The van der Waals surface area contributed by atoms with Crippen LogP contribution in [0.5, 0.6) is 0 Å². The van der Waals surface area contributed by atoms with E-state index in [2.05, 4.69) is 11.4 Å². The van der Waals surface area contributed by atoms with E-state index < -0.39 is 17.5 Å². The Hall–Kier alpha value is -1.70. The summed E-state index contributed by atoms with van der Waals surface area (Å²) in [5.41, 5.74) is -0.0824. The molecule has 2 atom stereocenters. The first-order chi connectivity index (χ1) is 8.63. The molecule has 0 aliphatic heterocycles. The lowest BCUT2D eigenvalue weighted by Crippen LogP contribution is -2.31. The fraction of sp³-hybridized carbons (Fsp3) is 0.462. The molecule has 1 fully saturated rings. The predicted octanol–water partition coefficient (Wildman–Crippen LogP) is 3.60. The van der Waals surface area contributed by atoms with E-state index >= 15 is 0 Å². The van der Waals surface area contributed by atoms with Crippen LogP contribution in [0.2, 0.25) is 0 Å². The highest BCUT2D eigenvalue weighted by Gasteiger charge is 2.26. The van der Waals surface area contributed by atoms with Gasteiger partial charge in [-0.15, -0.1) is 0 Å². The van der Waals surface area contributed by atoms with Crippen LogP contribution < -0.4 is 5.32 Å². The zero-order valence-electron chi connectivity index (χ0n) is 9.72. The monoisotopic (exact) mass is 254 g/mol. The molecule has 5 heteroatoms. The van der Waals surface area contributed by atoms with Gasteiger partial charge >= 0.3 is 0 Å². The van der Waals surface area contributed by atoms with Crippen LogP contribution in [0.1, 0.15) is 25.7 Å². The highest BCUT2D eigenvalue weighted by atomic mass is 19.2. The van der Waals surface area contributed by atoms with Gasteiger partial charge in [0.1, 0.15) is 0 Å². The predicted molar refractivity (Wildman–Crippen MR) is 61.3 cm³/mol. The van der Waals surface area contributed by atoms with Crippen molar-refractivity contribution in [3.8, 4) is 6.07 Å². The third-order valence-electron chi connectivity index (χ3n) is 3.31. The average Bonchev–Trinajstić information content (AvgIpc) is 2.40. The van der Waals surface area contributed by atoms with Crippen LogP contribution in [0.4, 0.5) is 18.9 Å². The van der Waals surface area contributed by atoms with Gasteiger partial charge in [0.25, 0.3) is 0 Å². The fourth-order valence-electron chi connectivity index (χ4n) is 2.30. The zero-order valence-corrected chi connectivity index (χ0v) is 9.72. The normalized spacial score (nSPS) is 23.4. The molecule has 1 aromatic rings. The molecule has 18 heavy (non-hydrogen) atoms. The van der Waals surface area contributed by atoms with Crippen molar-refractivity contribution in [3.63, 3.8) is 0 Å². The van der Waals surface area contributed by atoms with E-state index in [0.29, 0.717) is 0 Å². The summed E-state index contributed by atoms with van der Waals surface area (Å²) < 4.78 is 39.3. The summed E-state index contributed by atoms with van der Waals surface area (Å²) in [7, 11) is 0. The number of nitrogens with one attached hydrogen (secondary N) is 1. The van der Waals surface area contributed by atoms with Crippen molar-refractivity contribution >= 4 is 5.69 Å². The van der Waals surface area contributed by atoms with E-state index in [1.54, 1.807) is 0 Å². The summed E-state index contributed by atoms with van der Waals surface area (Å²) in [5, 5.41) is 11.8. The van der Waals surface area contributed by atoms with Crippen molar-refractivity contribution in [1.82, 2.24) is 0 Å². The first-order valence-corrected chi connectivity index (χ1v) is 5.93. The van der Waals surface area contributed by atoms with Gasteiger partial charge in [-0.1, -0.05) is 12.8 Å². The summed E-state index contributed by atoms with van der Waals surface area (Å²) in [6, 6.07) is 4.00. The first-order valence-electron chi connectivity index (χ1n) is 5.93. The minimum absolute atomic E-state index is 0.0824. The molecular weight excluding hydrogens is 241 g/mol. The maximum atomic E-state index is 13.5. The molecule has 0 spiro atoms. The molecule has 2 nitrogen and oxygen atoms in total. The second-order valence-corrected chi connectivity index (χ2v) is 4.49. The molecule has 1 saturated carbocycles. The van der Waals surface area contributed by atoms with Crippen molar-refractivity contribution in [3.05, 3.63) is 29.6 Å². The highest BCUT2D eigenvalue weighted by Crippen LogP contribution is 2.28. The second-order valence-electron chi connectivity index (χ2n) is 4.49. The highest BCUT2D eigenvalue weighted by molar-refractivity contribution is 5.46.